The summed E-state index contributed by atoms with van der Waals surface area (Å²) >= 11 is 0. The molecular weight excluding hydrogens is 308 g/mol. The second kappa shape index (κ2) is 7.59. The summed E-state index contributed by atoms with van der Waals surface area (Å²) in [5, 5.41) is 4.01. The maximum atomic E-state index is 5.33. The van der Waals surface area contributed by atoms with Crippen molar-refractivity contribution in [3.05, 3.63) is 65.7 Å². The molecule has 0 spiro atoms. The lowest BCUT2D eigenvalue weighted by Gasteiger charge is -2.46. The second-order valence-electron chi connectivity index (χ2n) is 7.43. The first-order valence-electron chi connectivity index (χ1n) is 9.48. The summed E-state index contributed by atoms with van der Waals surface area (Å²) in [7, 11) is 1.72. The van der Waals surface area contributed by atoms with E-state index in [0.717, 1.165) is 18.1 Å². The van der Waals surface area contributed by atoms with Crippen molar-refractivity contribution in [2.75, 3.05) is 26.7 Å². The van der Waals surface area contributed by atoms with E-state index in [-0.39, 0.29) is 0 Å². The van der Waals surface area contributed by atoms with Crippen LogP contribution >= 0.6 is 0 Å². The third-order valence-electron chi connectivity index (χ3n) is 5.87. The number of hydrogen-bond acceptors (Lipinski definition) is 3. The van der Waals surface area contributed by atoms with Crippen LogP contribution in [0, 0.1) is 5.92 Å². The highest BCUT2D eigenvalue weighted by molar-refractivity contribution is 5.30. The van der Waals surface area contributed by atoms with Crippen LogP contribution in [0.2, 0.25) is 0 Å². The number of rotatable bonds is 6. The second-order valence-corrected chi connectivity index (χ2v) is 7.43. The fourth-order valence-electron chi connectivity index (χ4n) is 4.37. The summed E-state index contributed by atoms with van der Waals surface area (Å²) in [6.07, 6.45) is 3.72. The van der Waals surface area contributed by atoms with Gasteiger partial charge in [0.05, 0.1) is 7.11 Å². The molecular formula is C22H28N2O. The summed E-state index contributed by atoms with van der Waals surface area (Å²) in [5.74, 6) is 1.76. The first-order valence-corrected chi connectivity index (χ1v) is 9.48. The minimum absolute atomic E-state index is 0.346. The van der Waals surface area contributed by atoms with E-state index in [1.807, 2.05) is 0 Å². The number of nitrogens with one attached hydrogen (secondary N) is 1. The van der Waals surface area contributed by atoms with E-state index in [1.54, 1.807) is 7.11 Å². The monoisotopic (exact) mass is 336 g/mol. The minimum Gasteiger partial charge on any atom is -0.497 e. The molecule has 3 heteroatoms. The molecule has 2 aromatic carbocycles. The Labute approximate surface area is 151 Å². The number of ether oxygens (including phenoxy) is 1. The zero-order valence-corrected chi connectivity index (χ0v) is 15.0. The van der Waals surface area contributed by atoms with Crippen LogP contribution in [0.15, 0.2) is 54.6 Å². The summed E-state index contributed by atoms with van der Waals surface area (Å²) in [5.41, 5.74) is 2.73. The number of methoxy groups -OCH3 is 1. The van der Waals surface area contributed by atoms with Gasteiger partial charge in [-0.2, -0.15) is 0 Å². The van der Waals surface area contributed by atoms with Crippen molar-refractivity contribution in [3.63, 3.8) is 0 Å². The van der Waals surface area contributed by atoms with Gasteiger partial charge in [-0.3, -0.25) is 0 Å². The van der Waals surface area contributed by atoms with Crippen molar-refractivity contribution in [3.8, 4) is 5.75 Å². The van der Waals surface area contributed by atoms with Crippen LogP contribution < -0.4 is 10.1 Å². The predicted octanol–water partition coefficient (Wildman–Crippen LogP) is 3.66. The molecule has 0 aromatic heterocycles. The van der Waals surface area contributed by atoms with Crippen molar-refractivity contribution in [1.82, 2.24) is 10.2 Å². The SMILES string of the molecule is COc1ccc([C@@H](Cc2ccccc2)N[C@H]2CN3CCC2CC3)cc1. The maximum absolute atomic E-state index is 5.33. The fourth-order valence-corrected chi connectivity index (χ4v) is 4.37. The van der Waals surface area contributed by atoms with E-state index in [4.69, 9.17) is 4.74 Å². The molecule has 132 valence electrons. The molecule has 3 heterocycles. The van der Waals surface area contributed by atoms with Gasteiger partial charge in [0, 0.05) is 18.6 Å². The average Bonchev–Trinajstić information content (AvgIpc) is 2.69. The van der Waals surface area contributed by atoms with Gasteiger partial charge in [-0.25, -0.2) is 0 Å². The Morgan fingerprint density at radius 1 is 1.04 bits per heavy atom. The van der Waals surface area contributed by atoms with E-state index in [9.17, 15) is 0 Å². The van der Waals surface area contributed by atoms with Gasteiger partial charge in [0.1, 0.15) is 5.75 Å². The number of nitrogens with zero attached hydrogens (tertiary/aromatic N) is 1. The van der Waals surface area contributed by atoms with Crippen LogP contribution in [0.1, 0.15) is 30.0 Å². The van der Waals surface area contributed by atoms with Gasteiger partial charge < -0.3 is 15.0 Å². The van der Waals surface area contributed by atoms with Crippen LogP contribution in [0.25, 0.3) is 0 Å². The normalized spacial score (nSPS) is 26.4. The number of piperidine rings is 3. The molecule has 3 saturated heterocycles. The summed E-state index contributed by atoms with van der Waals surface area (Å²) < 4.78 is 5.33. The molecule has 2 bridgehead atoms. The molecule has 0 radical (unpaired) electrons. The van der Waals surface area contributed by atoms with Crippen LogP contribution in [0.4, 0.5) is 0 Å². The lowest BCUT2D eigenvalue weighted by Crippen LogP contribution is -2.56. The van der Waals surface area contributed by atoms with Crippen LogP contribution in [0.3, 0.4) is 0 Å². The largest absolute Gasteiger partial charge is 0.497 e. The van der Waals surface area contributed by atoms with Gasteiger partial charge in [0.15, 0.2) is 0 Å². The Bertz CT molecular complexity index is 662. The van der Waals surface area contributed by atoms with Crippen LogP contribution in [0.5, 0.6) is 5.75 Å². The van der Waals surface area contributed by atoms with Crippen LogP contribution in [-0.2, 0) is 6.42 Å². The molecule has 2 aromatic rings. The third kappa shape index (κ3) is 3.88. The molecule has 1 N–H and O–H groups in total. The van der Waals surface area contributed by atoms with E-state index >= 15 is 0 Å². The first kappa shape index (κ1) is 16.6. The standard InChI is InChI=1S/C22H28N2O/c1-25-20-9-7-18(8-10-20)21(15-17-5-3-2-4-6-17)23-22-16-24-13-11-19(22)12-14-24/h2-10,19,21-23H,11-16H2,1H3/t21-,22+/m1/s1. The Kier molecular flexibility index (Phi) is 5.04. The average molecular weight is 336 g/mol. The van der Waals surface area contributed by atoms with E-state index in [2.05, 4.69) is 64.8 Å². The zero-order chi connectivity index (χ0) is 17.1. The summed E-state index contributed by atoms with van der Waals surface area (Å²) in [4.78, 5) is 2.62. The molecule has 5 rings (SSSR count). The molecule has 3 nitrogen and oxygen atoms in total. The maximum Gasteiger partial charge on any atom is 0.118 e. The lowest BCUT2D eigenvalue weighted by molar-refractivity contribution is 0.0669. The third-order valence-corrected chi connectivity index (χ3v) is 5.87. The fraction of sp³-hybridized carbons (Fsp3) is 0.455. The predicted molar refractivity (Wildman–Crippen MR) is 102 cm³/mol. The highest BCUT2D eigenvalue weighted by atomic mass is 16.5. The van der Waals surface area contributed by atoms with Gasteiger partial charge in [-0.15, -0.1) is 0 Å². The molecule has 25 heavy (non-hydrogen) atoms. The van der Waals surface area contributed by atoms with Gasteiger partial charge in [-0.1, -0.05) is 42.5 Å². The van der Waals surface area contributed by atoms with E-state index < -0.39 is 0 Å². The molecule has 3 aliphatic rings. The van der Waals surface area contributed by atoms with Crippen molar-refractivity contribution < 1.29 is 4.74 Å². The topological polar surface area (TPSA) is 24.5 Å². The molecule has 3 aliphatic heterocycles. The minimum atomic E-state index is 0.346. The van der Waals surface area contributed by atoms with Gasteiger partial charge >= 0.3 is 0 Å². The highest BCUT2D eigenvalue weighted by Crippen LogP contribution is 2.30. The van der Waals surface area contributed by atoms with E-state index in [1.165, 1.54) is 43.6 Å². The first-order chi connectivity index (χ1) is 12.3. The molecule has 0 amide bonds. The number of benzene rings is 2. The number of hydrogen-bond donors (Lipinski definition) is 1. The van der Waals surface area contributed by atoms with Crippen molar-refractivity contribution >= 4 is 0 Å². The molecule has 0 aliphatic carbocycles. The van der Waals surface area contributed by atoms with Gasteiger partial charge in [-0.05, 0) is 61.5 Å². The summed E-state index contributed by atoms with van der Waals surface area (Å²) in [6, 6.07) is 20.3. The Balaban J connectivity index is 1.54. The van der Waals surface area contributed by atoms with E-state index in [0.29, 0.717) is 12.1 Å². The van der Waals surface area contributed by atoms with Gasteiger partial charge in [0.25, 0.3) is 0 Å². The molecule has 3 fully saturated rings. The Morgan fingerprint density at radius 2 is 1.76 bits per heavy atom. The zero-order valence-electron chi connectivity index (χ0n) is 15.0. The smallest absolute Gasteiger partial charge is 0.118 e. The molecule has 2 atom stereocenters. The summed E-state index contributed by atoms with van der Waals surface area (Å²) in [6.45, 7) is 3.77. The van der Waals surface area contributed by atoms with Crippen molar-refractivity contribution in [2.45, 2.75) is 31.3 Å². The van der Waals surface area contributed by atoms with Crippen LogP contribution in [-0.4, -0.2) is 37.7 Å². The molecule has 0 saturated carbocycles. The lowest BCUT2D eigenvalue weighted by atomic mass is 9.83. The Hall–Kier alpha value is -1.84. The quantitative estimate of drug-likeness (QED) is 0.871. The highest BCUT2D eigenvalue weighted by Gasteiger charge is 2.35. The van der Waals surface area contributed by atoms with Gasteiger partial charge in [0.2, 0.25) is 0 Å². The number of fused-ring (bicyclic) bond motifs is 3. The molecule has 0 unspecified atom stereocenters. The van der Waals surface area contributed by atoms with Crippen molar-refractivity contribution in [1.29, 1.82) is 0 Å². The van der Waals surface area contributed by atoms with Crippen molar-refractivity contribution in [2.24, 2.45) is 5.92 Å². The Morgan fingerprint density at radius 3 is 2.36 bits per heavy atom.